The van der Waals surface area contributed by atoms with Crippen molar-refractivity contribution in [2.45, 2.75) is 13.3 Å². The molecule has 0 fully saturated rings. The lowest BCUT2D eigenvalue weighted by atomic mass is 10.3. The Labute approximate surface area is 36.8 Å². The molecule has 2 heteroatoms. The maximum absolute atomic E-state index is 9.85. The van der Waals surface area contributed by atoms with Crippen LogP contribution >= 0.6 is 0 Å². The van der Waals surface area contributed by atoms with Crippen molar-refractivity contribution in [3.63, 3.8) is 0 Å². The summed E-state index contributed by atoms with van der Waals surface area (Å²) in [5.41, 5.74) is 0. The van der Waals surface area contributed by atoms with Crippen molar-refractivity contribution in [1.29, 1.82) is 0 Å². The van der Waals surface area contributed by atoms with Gasteiger partial charge in [0, 0.05) is 6.42 Å². The van der Waals surface area contributed by atoms with E-state index in [2.05, 4.69) is 0 Å². The van der Waals surface area contributed by atoms with Gasteiger partial charge in [0.15, 0.2) is 0 Å². The van der Waals surface area contributed by atoms with E-state index in [4.69, 9.17) is 5.11 Å². The molecule has 0 spiro atoms. The molecule has 6 heavy (non-hydrogen) atoms. The van der Waals surface area contributed by atoms with E-state index in [0.717, 1.165) is 6.61 Å². The molecule has 0 aliphatic carbocycles. The monoisotopic (exact) mass is 87.0 g/mol. The Hall–Kier alpha value is -0.370. The molecule has 0 saturated heterocycles. The molecular formula is C4H7O2. The van der Waals surface area contributed by atoms with Crippen molar-refractivity contribution in [3.05, 3.63) is 6.61 Å². The van der Waals surface area contributed by atoms with E-state index < -0.39 is 0 Å². The molecule has 0 rings (SSSR count). The van der Waals surface area contributed by atoms with Crippen LogP contribution < -0.4 is 0 Å². The Morgan fingerprint density at radius 1 is 2.00 bits per heavy atom. The van der Waals surface area contributed by atoms with Gasteiger partial charge in [0.1, 0.15) is 5.78 Å². The summed E-state index contributed by atoms with van der Waals surface area (Å²) in [6.45, 7) is 2.27. The largest absolute Gasteiger partial charge is 0.390 e. The van der Waals surface area contributed by atoms with Gasteiger partial charge in [-0.1, -0.05) is 0 Å². The molecule has 0 unspecified atom stereocenters. The van der Waals surface area contributed by atoms with Gasteiger partial charge < -0.3 is 5.11 Å². The summed E-state index contributed by atoms with van der Waals surface area (Å²) in [6.07, 6.45) is 0.167. The topological polar surface area (TPSA) is 37.3 Å². The highest BCUT2D eigenvalue weighted by molar-refractivity contribution is 5.76. The van der Waals surface area contributed by atoms with Crippen LogP contribution in [-0.4, -0.2) is 10.9 Å². The number of aliphatic hydroxyl groups excluding tert-OH is 1. The molecule has 0 bridgehead atoms. The third-order valence-corrected chi connectivity index (χ3v) is 0.379. The molecule has 0 saturated carbocycles. The van der Waals surface area contributed by atoms with Crippen LogP contribution in [0.2, 0.25) is 0 Å². The molecule has 1 N–H and O–H groups in total. The number of aliphatic hydroxyl groups is 1. The van der Waals surface area contributed by atoms with Crippen molar-refractivity contribution >= 4 is 5.78 Å². The van der Waals surface area contributed by atoms with Gasteiger partial charge in [-0.2, -0.15) is 0 Å². The van der Waals surface area contributed by atoms with Crippen LogP contribution in [0, 0.1) is 6.61 Å². The Bertz CT molecular complexity index is 49.5. The molecule has 35 valence electrons. The summed E-state index contributed by atoms with van der Waals surface area (Å²) in [6, 6.07) is 0. The van der Waals surface area contributed by atoms with Crippen molar-refractivity contribution in [2.24, 2.45) is 0 Å². The molecule has 0 aromatic carbocycles. The summed E-state index contributed by atoms with van der Waals surface area (Å²) in [5.74, 6) is -0.0162. The fourth-order valence-corrected chi connectivity index (χ4v) is 0.129. The summed E-state index contributed by atoms with van der Waals surface area (Å²) >= 11 is 0. The number of carbonyl (C=O) groups is 1. The van der Waals surface area contributed by atoms with Gasteiger partial charge in [0.05, 0.1) is 6.61 Å². The van der Waals surface area contributed by atoms with Crippen molar-refractivity contribution < 1.29 is 9.90 Å². The molecule has 0 atom stereocenters. The molecule has 0 aromatic heterocycles. The molecule has 0 heterocycles. The van der Waals surface area contributed by atoms with Crippen LogP contribution in [0.5, 0.6) is 0 Å². The number of hydrogen-bond acceptors (Lipinski definition) is 2. The fraction of sp³-hybridized carbons (Fsp3) is 0.500. The molecule has 0 aliphatic heterocycles. The predicted molar refractivity (Wildman–Crippen MR) is 21.5 cm³/mol. The molecule has 0 aromatic rings. The van der Waals surface area contributed by atoms with Gasteiger partial charge in [-0.3, -0.25) is 4.79 Å². The fourth-order valence-electron chi connectivity index (χ4n) is 0.129. The first kappa shape index (κ1) is 5.63. The van der Waals surface area contributed by atoms with Gasteiger partial charge in [-0.25, -0.2) is 0 Å². The molecular weight excluding hydrogens is 80.0 g/mol. The Balaban J connectivity index is 2.83. The second kappa shape index (κ2) is 2.85. The summed E-state index contributed by atoms with van der Waals surface area (Å²) < 4.78 is 0. The number of ketones is 1. The highest BCUT2D eigenvalue weighted by Crippen LogP contribution is 1.79. The minimum atomic E-state index is -0.0162. The van der Waals surface area contributed by atoms with Gasteiger partial charge in [0.25, 0.3) is 0 Å². The van der Waals surface area contributed by atoms with E-state index >= 15 is 0 Å². The maximum atomic E-state index is 9.85. The van der Waals surface area contributed by atoms with Crippen LogP contribution in [0.3, 0.4) is 0 Å². The van der Waals surface area contributed by atoms with E-state index in [1.54, 1.807) is 0 Å². The van der Waals surface area contributed by atoms with Crippen molar-refractivity contribution in [2.75, 3.05) is 0 Å². The van der Waals surface area contributed by atoms with E-state index in [0.29, 0.717) is 0 Å². The van der Waals surface area contributed by atoms with Gasteiger partial charge in [-0.05, 0) is 6.92 Å². The van der Waals surface area contributed by atoms with Crippen molar-refractivity contribution in [1.82, 2.24) is 0 Å². The van der Waals surface area contributed by atoms with Crippen LogP contribution in [0.1, 0.15) is 13.3 Å². The Morgan fingerprint density at radius 3 is 2.50 bits per heavy atom. The molecule has 0 aliphatic rings. The summed E-state index contributed by atoms with van der Waals surface area (Å²) in [4.78, 5) is 9.85. The van der Waals surface area contributed by atoms with Gasteiger partial charge >= 0.3 is 0 Å². The lowest BCUT2D eigenvalue weighted by Crippen LogP contribution is -1.87. The second-order valence-corrected chi connectivity index (χ2v) is 1.09. The minimum absolute atomic E-state index is 0.0162. The number of hydrogen-bond donors (Lipinski definition) is 1. The lowest BCUT2D eigenvalue weighted by molar-refractivity contribution is -0.116. The van der Waals surface area contributed by atoms with Crippen LogP contribution in [-0.2, 0) is 4.79 Å². The van der Waals surface area contributed by atoms with Crippen LogP contribution in [0.15, 0.2) is 0 Å². The van der Waals surface area contributed by atoms with Crippen molar-refractivity contribution in [3.8, 4) is 0 Å². The quantitative estimate of drug-likeness (QED) is 0.532. The second-order valence-electron chi connectivity index (χ2n) is 1.09. The van der Waals surface area contributed by atoms with E-state index in [1.807, 2.05) is 0 Å². The molecule has 1 radical (unpaired) electrons. The zero-order valence-electron chi connectivity index (χ0n) is 3.64. The van der Waals surface area contributed by atoms with Gasteiger partial charge in [-0.15, -0.1) is 0 Å². The standard InChI is InChI=1S/C4H7O2/c1-4(6)2-3-5/h3,5H,2H2,1H3. The lowest BCUT2D eigenvalue weighted by Gasteiger charge is -1.79. The first-order valence-corrected chi connectivity index (χ1v) is 1.72. The SMILES string of the molecule is CC(=O)C[CH]O. The smallest absolute Gasteiger partial charge is 0.132 e. The first-order chi connectivity index (χ1) is 2.77. The normalized spacial score (nSPS) is 8.33. The molecule has 0 amide bonds. The number of rotatable bonds is 2. The predicted octanol–water partition coefficient (Wildman–Crippen LogP) is 0.500. The van der Waals surface area contributed by atoms with Crippen LogP contribution in [0.25, 0.3) is 0 Å². The third-order valence-electron chi connectivity index (χ3n) is 0.379. The molecule has 2 nitrogen and oxygen atoms in total. The number of Topliss-reactive ketones (excluding diaryl/α,β-unsaturated/α-hetero) is 1. The highest BCUT2D eigenvalue weighted by Gasteiger charge is 1.85. The van der Waals surface area contributed by atoms with Crippen LogP contribution in [0.4, 0.5) is 0 Å². The Kier molecular flexibility index (Phi) is 2.67. The third kappa shape index (κ3) is 3.63. The Morgan fingerprint density at radius 2 is 2.50 bits per heavy atom. The zero-order chi connectivity index (χ0) is 4.99. The zero-order valence-corrected chi connectivity index (χ0v) is 3.64. The minimum Gasteiger partial charge on any atom is -0.390 e. The van der Waals surface area contributed by atoms with E-state index in [9.17, 15) is 4.79 Å². The summed E-state index contributed by atoms with van der Waals surface area (Å²) in [7, 11) is 0. The summed E-state index contributed by atoms with van der Waals surface area (Å²) in [5, 5.41) is 7.89. The van der Waals surface area contributed by atoms with Gasteiger partial charge in [0.2, 0.25) is 0 Å². The average Bonchev–Trinajstić information content (AvgIpc) is 1.35. The number of carbonyl (C=O) groups excluding carboxylic acids is 1. The average molecular weight is 87.1 g/mol. The first-order valence-electron chi connectivity index (χ1n) is 1.72. The highest BCUT2D eigenvalue weighted by atomic mass is 16.3. The van der Waals surface area contributed by atoms with E-state index in [-0.39, 0.29) is 12.2 Å². The van der Waals surface area contributed by atoms with E-state index in [1.165, 1.54) is 6.92 Å². The maximum Gasteiger partial charge on any atom is 0.132 e.